The number of rotatable bonds is 3. The summed E-state index contributed by atoms with van der Waals surface area (Å²) in [7, 11) is 0. The van der Waals surface area contributed by atoms with Crippen LogP contribution in [-0.4, -0.2) is 51.8 Å². The lowest BCUT2D eigenvalue weighted by Gasteiger charge is -2.46. The molecule has 5 nitrogen and oxygen atoms in total. The molecule has 2 unspecified atom stereocenters. The molecule has 0 aromatic carbocycles. The number of hydrogen-bond donors (Lipinski definition) is 0. The van der Waals surface area contributed by atoms with Gasteiger partial charge in [0, 0.05) is 24.9 Å². The number of fused-ring (bicyclic) bond motifs is 1. The molecule has 2 fully saturated rings. The van der Waals surface area contributed by atoms with Crippen molar-refractivity contribution in [3.63, 3.8) is 0 Å². The molecule has 2 atom stereocenters. The monoisotopic (exact) mass is 307 g/mol. The fourth-order valence-corrected chi connectivity index (χ4v) is 3.92. The summed E-state index contributed by atoms with van der Waals surface area (Å²) in [5.41, 5.74) is 1.01. The maximum absolute atomic E-state index is 12.7. The quantitative estimate of drug-likeness (QED) is 0.852. The number of hydrogen-bond acceptors (Lipinski definition) is 4. The third kappa shape index (κ3) is 2.69. The summed E-state index contributed by atoms with van der Waals surface area (Å²) in [5.74, 6) is 0.225. The third-order valence-electron chi connectivity index (χ3n) is 4.45. The Morgan fingerprint density at radius 1 is 1.33 bits per heavy atom. The first-order valence-corrected chi connectivity index (χ1v) is 8.48. The maximum Gasteiger partial charge on any atom is 0.246 e. The first kappa shape index (κ1) is 14.5. The standard InChI is InChI=1S/C15H21N3O2S/c1-10-14(19)18-7-4-3-5-13(18)15(20)17(10)8-6-12-9-21-11(2)16-12/h9-10,13H,3-8H2,1-2H3. The van der Waals surface area contributed by atoms with E-state index in [9.17, 15) is 9.59 Å². The molecule has 0 aliphatic carbocycles. The van der Waals surface area contributed by atoms with E-state index in [-0.39, 0.29) is 23.9 Å². The number of carbonyl (C=O) groups excluding carboxylic acids is 2. The van der Waals surface area contributed by atoms with Crippen molar-refractivity contribution < 1.29 is 9.59 Å². The van der Waals surface area contributed by atoms with Gasteiger partial charge in [0.15, 0.2) is 0 Å². The van der Waals surface area contributed by atoms with Crippen LogP contribution < -0.4 is 0 Å². The van der Waals surface area contributed by atoms with Crippen LogP contribution in [0.5, 0.6) is 0 Å². The minimum atomic E-state index is -0.341. The number of nitrogens with zero attached hydrogens (tertiary/aromatic N) is 3. The average Bonchev–Trinajstić information content (AvgIpc) is 2.90. The molecule has 1 aromatic heterocycles. The number of piperazine rings is 1. The number of thiazole rings is 1. The fourth-order valence-electron chi connectivity index (χ4n) is 3.27. The Morgan fingerprint density at radius 2 is 2.14 bits per heavy atom. The van der Waals surface area contributed by atoms with Crippen LogP contribution in [0.3, 0.4) is 0 Å². The molecule has 0 saturated carbocycles. The molecule has 2 amide bonds. The Kier molecular flexibility index (Phi) is 3.97. The van der Waals surface area contributed by atoms with E-state index in [0.29, 0.717) is 6.54 Å². The van der Waals surface area contributed by atoms with E-state index in [2.05, 4.69) is 4.98 Å². The highest BCUT2D eigenvalue weighted by atomic mass is 32.1. The van der Waals surface area contributed by atoms with Crippen molar-refractivity contribution in [2.45, 2.75) is 51.6 Å². The van der Waals surface area contributed by atoms with Gasteiger partial charge in [-0.05, 0) is 33.1 Å². The summed E-state index contributed by atoms with van der Waals surface area (Å²) in [6.07, 6.45) is 3.58. The summed E-state index contributed by atoms with van der Waals surface area (Å²) in [5, 5.41) is 3.07. The molecule has 2 aliphatic rings. The first-order chi connectivity index (χ1) is 10.1. The van der Waals surface area contributed by atoms with E-state index in [0.717, 1.165) is 42.9 Å². The minimum absolute atomic E-state index is 0.105. The molecule has 3 heterocycles. The van der Waals surface area contributed by atoms with Crippen LogP contribution in [0, 0.1) is 6.92 Å². The number of aromatic nitrogens is 1. The van der Waals surface area contributed by atoms with Crippen LogP contribution >= 0.6 is 11.3 Å². The normalized spacial score (nSPS) is 26.2. The van der Waals surface area contributed by atoms with Crippen LogP contribution in [0.25, 0.3) is 0 Å². The third-order valence-corrected chi connectivity index (χ3v) is 5.28. The zero-order chi connectivity index (χ0) is 15.0. The van der Waals surface area contributed by atoms with Crippen LogP contribution in [0.4, 0.5) is 0 Å². The molecular formula is C15H21N3O2S. The molecule has 114 valence electrons. The van der Waals surface area contributed by atoms with Gasteiger partial charge in [-0.1, -0.05) is 0 Å². The van der Waals surface area contributed by atoms with Crippen molar-refractivity contribution >= 4 is 23.2 Å². The Balaban J connectivity index is 1.71. The summed E-state index contributed by atoms with van der Waals surface area (Å²) in [6.45, 7) is 5.14. The van der Waals surface area contributed by atoms with Crippen molar-refractivity contribution in [3.8, 4) is 0 Å². The molecule has 21 heavy (non-hydrogen) atoms. The second-order valence-corrected chi connectivity index (χ2v) is 6.92. The Hall–Kier alpha value is -1.43. The van der Waals surface area contributed by atoms with E-state index in [1.54, 1.807) is 21.1 Å². The van der Waals surface area contributed by atoms with Crippen LogP contribution in [0.15, 0.2) is 5.38 Å². The summed E-state index contributed by atoms with van der Waals surface area (Å²) < 4.78 is 0. The molecule has 0 N–H and O–H groups in total. The van der Waals surface area contributed by atoms with E-state index in [1.165, 1.54) is 0 Å². The zero-order valence-electron chi connectivity index (χ0n) is 12.5. The lowest BCUT2D eigenvalue weighted by molar-refractivity contribution is -0.162. The number of piperidine rings is 1. The predicted octanol–water partition coefficient (Wildman–Crippen LogP) is 1.61. The van der Waals surface area contributed by atoms with Gasteiger partial charge in [-0.25, -0.2) is 4.98 Å². The average molecular weight is 307 g/mol. The molecule has 0 bridgehead atoms. The van der Waals surface area contributed by atoms with Gasteiger partial charge in [-0.15, -0.1) is 11.3 Å². The van der Waals surface area contributed by atoms with Crippen molar-refractivity contribution in [1.82, 2.24) is 14.8 Å². The Morgan fingerprint density at radius 3 is 2.86 bits per heavy atom. The highest BCUT2D eigenvalue weighted by Crippen LogP contribution is 2.26. The highest BCUT2D eigenvalue weighted by molar-refractivity contribution is 7.09. The second kappa shape index (κ2) is 5.75. The van der Waals surface area contributed by atoms with Gasteiger partial charge in [0.25, 0.3) is 0 Å². The second-order valence-electron chi connectivity index (χ2n) is 5.86. The summed E-state index contributed by atoms with van der Waals surface area (Å²) >= 11 is 1.62. The van der Waals surface area contributed by atoms with Gasteiger partial charge in [0.1, 0.15) is 12.1 Å². The van der Waals surface area contributed by atoms with Crippen molar-refractivity contribution in [2.24, 2.45) is 0 Å². The van der Waals surface area contributed by atoms with Crippen LogP contribution in [-0.2, 0) is 16.0 Å². The lowest BCUT2D eigenvalue weighted by Crippen LogP contribution is -2.65. The van der Waals surface area contributed by atoms with Gasteiger partial charge in [0.2, 0.25) is 11.8 Å². The number of carbonyl (C=O) groups is 2. The molecule has 0 spiro atoms. The fraction of sp³-hybridized carbons (Fsp3) is 0.667. The maximum atomic E-state index is 12.7. The van der Waals surface area contributed by atoms with Crippen molar-refractivity contribution in [2.75, 3.05) is 13.1 Å². The van der Waals surface area contributed by atoms with E-state index >= 15 is 0 Å². The molecule has 2 aliphatic heterocycles. The first-order valence-electron chi connectivity index (χ1n) is 7.60. The largest absolute Gasteiger partial charge is 0.329 e. The molecule has 6 heteroatoms. The topological polar surface area (TPSA) is 53.5 Å². The minimum Gasteiger partial charge on any atom is -0.329 e. The van der Waals surface area contributed by atoms with Gasteiger partial charge in [-0.3, -0.25) is 9.59 Å². The van der Waals surface area contributed by atoms with Gasteiger partial charge >= 0.3 is 0 Å². The zero-order valence-corrected chi connectivity index (χ0v) is 13.4. The van der Waals surface area contributed by atoms with Gasteiger partial charge < -0.3 is 9.80 Å². The Bertz CT molecular complexity index is 557. The van der Waals surface area contributed by atoms with E-state index in [1.807, 2.05) is 19.2 Å². The molecular weight excluding hydrogens is 286 g/mol. The number of amides is 2. The van der Waals surface area contributed by atoms with Crippen LogP contribution in [0.2, 0.25) is 0 Å². The Labute approximate surface area is 129 Å². The smallest absolute Gasteiger partial charge is 0.246 e. The molecule has 0 radical (unpaired) electrons. The molecule has 3 rings (SSSR count). The van der Waals surface area contributed by atoms with Crippen molar-refractivity contribution in [1.29, 1.82) is 0 Å². The SMILES string of the molecule is Cc1nc(CCN2C(=O)C3CCCCN3C(=O)C2C)cs1. The van der Waals surface area contributed by atoms with Gasteiger partial charge in [-0.2, -0.15) is 0 Å². The molecule has 2 saturated heterocycles. The van der Waals surface area contributed by atoms with Crippen LogP contribution in [0.1, 0.15) is 36.9 Å². The summed E-state index contributed by atoms with van der Waals surface area (Å²) in [6, 6.07) is -0.564. The summed E-state index contributed by atoms with van der Waals surface area (Å²) in [4.78, 5) is 33.1. The highest BCUT2D eigenvalue weighted by Gasteiger charge is 2.44. The van der Waals surface area contributed by atoms with Crippen molar-refractivity contribution in [3.05, 3.63) is 16.1 Å². The molecule has 1 aromatic rings. The van der Waals surface area contributed by atoms with E-state index < -0.39 is 0 Å². The van der Waals surface area contributed by atoms with Gasteiger partial charge in [0.05, 0.1) is 10.7 Å². The lowest BCUT2D eigenvalue weighted by atomic mass is 9.95. The van der Waals surface area contributed by atoms with E-state index in [4.69, 9.17) is 0 Å². The number of aryl methyl sites for hydroxylation is 1. The predicted molar refractivity (Wildman–Crippen MR) is 81.1 cm³/mol.